The van der Waals surface area contributed by atoms with Crippen LogP contribution in [-0.2, 0) is 4.74 Å². The highest BCUT2D eigenvalue weighted by molar-refractivity contribution is 6.30. The van der Waals surface area contributed by atoms with Gasteiger partial charge in [0.2, 0.25) is 0 Å². The number of nitriles is 1. The number of fused-ring (bicyclic) bond motifs is 1. The number of aliphatic hydroxyl groups excluding tert-OH is 1. The number of carbonyl (C=O) groups is 1. The summed E-state index contributed by atoms with van der Waals surface area (Å²) in [7, 11) is 0. The van der Waals surface area contributed by atoms with Gasteiger partial charge >= 0.3 is 5.97 Å². The number of allylic oxidation sites excluding steroid dienone is 1. The number of nitrogens with zero attached hydrogens (tertiary/aromatic N) is 3. The second-order valence-electron chi connectivity index (χ2n) is 4.97. The molecule has 2 N–H and O–H groups in total. The van der Waals surface area contributed by atoms with Crippen LogP contribution in [0.4, 0.5) is 0 Å². The number of ether oxygens (including phenoxy) is 1. The Morgan fingerprint density at radius 3 is 2.88 bits per heavy atom. The number of benzene rings is 1. The number of carbonyl (C=O) groups excluding carboxylic acids is 1. The van der Waals surface area contributed by atoms with Crippen molar-refractivity contribution >= 4 is 34.2 Å². The van der Waals surface area contributed by atoms with Gasteiger partial charge in [-0.15, -0.1) is 0 Å². The number of aliphatic hydroxyl groups is 1. The van der Waals surface area contributed by atoms with Crippen molar-refractivity contribution in [3.63, 3.8) is 0 Å². The Bertz CT molecular complexity index is 987. The van der Waals surface area contributed by atoms with E-state index in [4.69, 9.17) is 16.3 Å². The molecule has 1 aromatic carbocycles. The molecule has 0 spiro atoms. The van der Waals surface area contributed by atoms with Gasteiger partial charge in [0.05, 0.1) is 11.0 Å². The van der Waals surface area contributed by atoms with Crippen LogP contribution in [0.2, 0.25) is 5.02 Å². The quantitative estimate of drug-likeness (QED) is 0.422. The second kappa shape index (κ2) is 7.03. The fraction of sp³-hybridized carbons (Fsp3) is 0.0588. The third-order valence-electron chi connectivity index (χ3n) is 3.30. The van der Waals surface area contributed by atoms with Crippen molar-refractivity contribution < 1.29 is 14.6 Å². The highest BCUT2D eigenvalue weighted by atomic mass is 35.5. The monoisotopic (exact) mass is 354 g/mol. The van der Waals surface area contributed by atoms with E-state index in [9.17, 15) is 15.2 Å². The average molecular weight is 355 g/mol. The summed E-state index contributed by atoms with van der Waals surface area (Å²) >= 11 is 5.78. The standard InChI is InChI=1S/C17H11ClN4O3/c18-10-5-6-20-14(7-10)17(24)25-9-15(23)11(8-19)16-21-12-3-1-2-4-13(12)22-16/h1-7,23H,9H2,(H,21,22)/b15-11-. The first-order valence-corrected chi connectivity index (χ1v) is 7.52. The molecule has 8 heteroatoms. The summed E-state index contributed by atoms with van der Waals surface area (Å²) in [5, 5.41) is 19.7. The molecule has 0 fully saturated rings. The van der Waals surface area contributed by atoms with Crippen molar-refractivity contribution in [3.8, 4) is 6.07 Å². The van der Waals surface area contributed by atoms with E-state index in [0.29, 0.717) is 10.5 Å². The van der Waals surface area contributed by atoms with Crippen LogP contribution in [0.5, 0.6) is 0 Å². The van der Waals surface area contributed by atoms with Gasteiger partial charge in [0.15, 0.2) is 11.6 Å². The van der Waals surface area contributed by atoms with Gasteiger partial charge in [-0.25, -0.2) is 14.8 Å². The third-order valence-corrected chi connectivity index (χ3v) is 3.53. The zero-order chi connectivity index (χ0) is 17.8. The Kier molecular flexibility index (Phi) is 4.64. The minimum absolute atomic E-state index is 0.00236. The summed E-state index contributed by atoms with van der Waals surface area (Å²) in [5.41, 5.74) is 1.27. The van der Waals surface area contributed by atoms with Gasteiger partial charge in [-0.05, 0) is 24.3 Å². The molecule has 0 aliphatic heterocycles. The number of imidazole rings is 1. The van der Waals surface area contributed by atoms with E-state index in [0.717, 1.165) is 5.52 Å². The molecule has 3 aromatic rings. The number of hydrogen-bond acceptors (Lipinski definition) is 6. The number of aromatic amines is 1. The van der Waals surface area contributed by atoms with Crippen molar-refractivity contribution in [1.29, 1.82) is 5.26 Å². The number of hydrogen-bond donors (Lipinski definition) is 2. The predicted molar refractivity (Wildman–Crippen MR) is 90.8 cm³/mol. The van der Waals surface area contributed by atoms with E-state index in [1.54, 1.807) is 12.1 Å². The molecule has 0 aliphatic rings. The maximum atomic E-state index is 11.9. The number of aromatic nitrogens is 3. The molecule has 3 rings (SSSR count). The number of rotatable bonds is 4. The largest absolute Gasteiger partial charge is 0.507 e. The molecule has 25 heavy (non-hydrogen) atoms. The molecule has 2 aromatic heterocycles. The molecule has 0 saturated heterocycles. The fourth-order valence-electron chi connectivity index (χ4n) is 2.12. The molecule has 0 radical (unpaired) electrons. The van der Waals surface area contributed by atoms with Gasteiger partial charge in [0.25, 0.3) is 0 Å². The summed E-state index contributed by atoms with van der Waals surface area (Å²) in [6, 6.07) is 11.9. The van der Waals surface area contributed by atoms with Gasteiger partial charge in [0, 0.05) is 11.2 Å². The lowest BCUT2D eigenvalue weighted by molar-refractivity contribution is 0.0496. The van der Waals surface area contributed by atoms with E-state index in [1.165, 1.54) is 18.3 Å². The average Bonchev–Trinajstić information content (AvgIpc) is 3.03. The maximum absolute atomic E-state index is 11.9. The molecule has 0 aliphatic carbocycles. The molecule has 0 saturated carbocycles. The minimum Gasteiger partial charge on any atom is -0.507 e. The van der Waals surface area contributed by atoms with Crippen LogP contribution < -0.4 is 0 Å². The Hall–Kier alpha value is -3.37. The van der Waals surface area contributed by atoms with Crippen LogP contribution in [0.25, 0.3) is 16.6 Å². The maximum Gasteiger partial charge on any atom is 0.357 e. The van der Waals surface area contributed by atoms with Gasteiger partial charge in [-0.1, -0.05) is 23.7 Å². The molecule has 0 amide bonds. The van der Waals surface area contributed by atoms with Crippen LogP contribution in [0, 0.1) is 11.3 Å². The fourth-order valence-corrected chi connectivity index (χ4v) is 2.28. The van der Waals surface area contributed by atoms with Crippen molar-refractivity contribution in [3.05, 3.63) is 64.9 Å². The first-order valence-electron chi connectivity index (χ1n) is 7.14. The highest BCUT2D eigenvalue weighted by Crippen LogP contribution is 2.19. The summed E-state index contributed by atoms with van der Waals surface area (Å²) in [5.74, 6) is -0.994. The van der Waals surface area contributed by atoms with Gasteiger partial charge in [0.1, 0.15) is 23.9 Å². The van der Waals surface area contributed by atoms with E-state index in [1.807, 2.05) is 18.2 Å². The SMILES string of the molecule is N#C/C(=C(/O)COC(=O)c1cc(Cl)ccn1)c1nc2ccccc2[nH]1. The lowest BCUT2D eigenvalue weighted by Crippen LogP contribution is -2.10. The Balaban J connectivity index is 1.80. The molecule has 0 unspecified atom stereocenters. The first-order chi connectivity index (χ1) is 12.1. The van der Waals surface area contributed by atoms with Crippen molar-refractivity contribution in [2.24, 2.45) is 0 Å². The molecule has 2 heterocycles. The molecular formula is C17H11ClN4O3. The summed E-state index contributed by atoms with van der Waals surface area (Å²) in [6.45, 7) is -0.493. The lowest BCUT2D eigenvalue weighted by Gasteiger charge is -2.05. The highest BCUT2D eigenvalue weighted by Gasteiger charge is 2.16. The number of para-hydroxylation sites is 2. The summed E-state index contributed by atoms with van der Waals surface area (Å²) in [4.78, 5) is 22.9. The molecule has 7 nitrogen and oxygen atoms in total. The summed E-state index contributed by atoms with van der Waals surface area (Å²) < 4.78 is 4.96. The van der Waals surface area contributed by atoms with Crippen molar-refractivity contribution in [1.82, 2.24) is 15.0 Å². The first kappa shape index (κ1) is 16.5. The van der Waals surface area contributed by atoms with Crippen molar-refractivity contribution in [2.45, 2.75) is 0 Å². The van der Waals surface area contributed by atoms with Crippen LogP contribution in [0.3, 0.4) is 0 Å². The van der Waals surface area contributed by atoms with Gasteiger partial charge in [-0.2, -0.15) is 5.26 Å². The van der Waals surface area contributed by atoms with Gasteiger partial charge in [-0.3, -0.25) is 0 Å². The number of halogens is 1. The van der Waals surface area contributed by atoms with Crippen LogP contribution >= 0.6 is 11.6 Å². The third kappa shape index (κ3) is 3.59. The predicted octanol–water partition coefficient (Wildman–Crippen LogP) is 3.26. The number of nitrogens with one attached hydrogen (secondary N) is 1. The van der Waals surface area contributed by atoms with E-state index in [2.05, 4.69) is 15.0 Å². The second-order valence-corrected chi connectivity index (χ2v) is 5.41. The zero-order valence-corrected chi connectivity index (χ0v) is 13.5. The Morgan fingerprint density at radius 2 is 2.16 bits per heavy atom. The Morgan fingerprint density at radius 1 is 1.36 bits per heavy atom. The lowest BCUT2D eigenvalue weighted by atomic mass is 10.2. The van der Waals surface area contributed by atoms with Crippen LogP contribution in [0.1, 0.15) is 16.3 Å². The molecule has 0 atom stereocenters. The minimum atomic E-state index is -0.768. The van der Waals surface area contributed by atoms with E-state index < -0.39 is 18.3 Å². The van der Waals surface area contributed by atoms with Crippen LogP contribution in [-0.4, -0.2) is 32.6 Å². The smallest absolute Gasteiger partial charge is 0.357 e. The Labute approximate surface area is 147 Å². The normalized spacial score (nSPS) is 11.7. The van der Waals surface area contributed by atoms with Gasteiger partial charge < -0.3 is 14.8 Å². The summed E-state index contributed by atoms with van der Waals surface area (Å²) in [6.07, 6.45) is 1.36. The number of pyridine rings is 1. The molecule has 124 valence electrons. The number of esters is 1. The molecule has 0 bridgehead atoms. The van der Waals surface area contributed by atoms with Crippen molar-refractivity contribution in [2.75, 3.05) is 6.61 Å². The van der Waals surface area contributed by atoms with Crippen LogP contribution in [0.15, 0.2) is 48.4 Å². The van der Waals surface area contributed by atoms with E-state index in [-0.39, 0.29) is 17.1 Å². The zero-order valence-electron chi connectivity index (χ0n) is 12.7. The van der Waals surface area contributed by atoms with E-state index >= 15 is 0 Å². The topological polar surface area (TPSA) is 112 Å². The number of H-pyrrole nitrogens is 1. The molecular weight excluding hydrogens is 344 g/mol.